The van der Waals surface area contributed by atoms with Crippen molar-refractivity contribution in [2.45, 2.75) is 38.3 Å². The van der Waals surface area contributed by atoms with Crippen LogP contribution >= 0.6 is 0 Å². The van der Waals surface area contributed by atoms with Crippen molar-refractivity contribution in [3.05, 3.63) is 29.8 Å². The highest BCUT2D eigenvalue weighted by atomic mass is 16.3. The van der Waals surface area contributed by atoms with Gasteiger partial charge in [0.25, 0.3) is 0 Å². The Morgan fingerprint density at radius 2 is 1.88 bits per heavy atom. The summed E-state index contributed by atoms with van der Waals surface area (Å²) >= 11 is 0. The van der Waals surface area contributed by atoms with Gasteiger partial charge in [0.2, 0.25) is 0 Å². The van der Waals surface area contributed by atoms with Crippen LogP contribution in [0.5, 0.6) is 5.75 Å². The van der Waals surface area contributed by atoms with Crippen LogP contribution in [0.2, 0.25) is 0 Å². The minimum Gasteiger partial charge on any atom is -0.508 e. The number of piperidine rings is 1. The van der Waals surface area contributed by atoms with E-state index in [-0.39, 0.29) is 0 Å². The molecule has 17 heavy (non-hydrogen) atoms. The van der Waals surface area contributed by atoms with Gasteiger partial charge in [0, 0.05) is 12.1 Å². The number of likely N-dealkylation sites (tertiary alicyclic amines) is 1. The number of phenolic OH excluding ortho intramolecular Hbond substituents is 1. The molecule has 0 bridgehead atoms. The van der Waals surface area contributed by atoms with Crippen molar-refractivity contribution in [3.63, 3.8) is 0 Å². The summed E-state index contributed by atoms with van der Waals surface area (Å²) in [7, 11) is 0. The molecular weight excluding hydrogens is 212 g/mol. The molecule has 1 heterocycles. The first-order chi connectivity index (χ1) is 8.15. The van der Waals surface area contributed by atoms with Gasteiger partial charge in [-0.15, -0.1) is 0 Å². The van der Waals surface area contributed by atoms with Crippen molar-refractivity contribution >= 4 is 0 Å². The van der Waals surface area contributed by atoms with Crippen LogP contribution in [-0.4, -0.2) is 35.2 Å². The summed E-state index contributed by atoms with van der Waals surface area (Å²) in [5.74, 6) is 0.338. The van der Waals surface area contributed by atoms with Crippen molar-refractivity contribution in [1.82, 2.24) is 4.90 Å². The third-order valence-corrected chi connectivity index (χ3v) is 3.67. The van der Waals surface area contributed by atoms with Crippen LogP contribution in [0.15, 0.2) is 24.3 Å². The average Bonchev–Trinajstić information content (AvgIpc) is 2.33. The van der Waals surface area contributed by atoms with E-state index in [0.29, 0.717) is 17.8 Å². The van der Waals surface area contributed by atoms with E-state index >= 15 is 0 Å². The van der Waals surface area contributed by atoms with Gasteiger partial charge in [0.15, 0.2) is 0 Å². The normalized spacial score (nSPS) is 20.4. The van der Waals surface area contributed by atoms with E-state index in [4.69, 9.17) is 5.73 Å². The molecule has 3 heteroatoms. The SMILES string of the molecule is CC(Cc1ccc(O)cc1)N1CCC(N)CC1. The van der Waals surface area contributed by atoms with Crippen LogP contribution in [0, 0.1) is 0 Å². The number of benzene rings is 1. The lowest BCUT2D eigenvalue weighted by Crippen LogP contribution is -2.44. The van der Waals surface area contributed by atoms with Crippen LogP contribution in [0.3, 0.4) is 0 Å². The fraction of sp³-hybridized carbons (Fsp3) is 0.571. The molecule has 1 aliphatic heterocycles. The van der Waals surface area contributed by atoms with Crippen LogP contribution in [0.25, 0.3) is 0 Å². The summed E-state index contributed by atoms with van der Waals surface area (Å²) < 4.78 is 0. The zero-order valence-electron chi connectivity index (χ0n) is 10.5. The Hall–Kier alpha value is -1.06. The molecule has 0 radical (unpaired) electrons. The zero-order chi connectivity index (χ0) is 12.3. The highest BCUT2D eigenvalue weighted by molar-refractivity contribution is 5.26. The number of phenols is 1. The molecule has 0 aliphatic carbocycles. The van der Waals surface area contributed by atoms with E-state index in [1.807, 2.05) is 12.1 Å². The molecule has 1 aromatic rings. The predicted molar refractivity (Wildman–Crippen MR) is 70.1 cm³/mol. The van der Waals surface area contributed by atoms with Gasteiger partial charge in [-0.2, -0.15) is 0 Å². The Kier molecular flexibility index (Phi) is 4.02. The molecule has 1 saturated heterocycles. The largest absolute Gasteiger partial charge is 0.508 e. The Balaban J connectivity index is 1.88. The van der Waals surface area contributed by atoms with E-state index in [1.165, 1.54) is 5.56 Å². The number of nitrogens with zero attached hydrogens (tertiary/aromatic N) is 1. The van der Waals surface area contributed by atoms with E-state index in [2.05, 4.69) is 11.8 Å². The molecule has 0 amide bonds. The van der Waals surface area contributed by atoms with E-state index in [0.717, 1.165) is 32.4 Å². The smallest absolute Gasteiger partial charge is 0.115 e. The molecule has 0 aromatic heterocycles. The van der Waals surface area contributed by atoms with Gasteiger partial charge >= 0.3 is 0 Å². The molecule has 3 N–H and O–H groups in total. The second-order valence-electron chi connectivity index (χ2n) is 5.09. The Morgan fingerprint density at radius 3 is 2.47 bits per heavy atom. The van der Waals surface area contributed by atoms with E-state index in [9.17, 15) is 5.11 Å². The topological polar surface area (TPSA) is 49.5 Å². The lowest BCUT2D eigenvalue weighted by atomic mass is 10.0. The number of rotatable bonds is 3. The summed E-state index contributed by atoms with van der Waals surface area (Å²) in [6, 6.07) is 8.46. The van der Waals surface area contributed by atoms with Gasteiger partial charge in [-0.1, -0.05) is 12.1 Å². The highest BCUT2D eigenvalue weighted by Crippen LogP contribution is 2.16. The molecular formula is C14H22N2O. The minimum atomic E-state index is 0.338. The summed E-state index contributed by atoms with van der Waals surface area (Å²) in [6.45, 7) is 4.49. The third-order valence-electron chi connectivity index (χ3n) is 3.67. The minimum absolute atomic E-state index is 0.338. The maximum atomic E-state index is 9.24. The predicted octanol–water partition coefficient (Wildman–Crippen LogP) is 1.75. The first kappa shape index (κ1) is 12.4. The second-order valence-corrected chi connectivity index (χ2v) is 5.09. The van der Waals surface area contributed by atoms with Crippen LogP contribution in [0.4, 0.5) is 0 Å². The second kappa shape index (κ2) is 5.52. The maximum Gasteiger partial charge on any atom is 0.115 e. The van der Waals surface area contributed by atoms with Crippen LogP contribution in [-0.2, 0) is 6.42 Å². The van der Waals surface area contributed by atoms with E-state index < -0.39 is 0 Å². The fourth-order valence-electron chi connectivity index (χ4n) is 2.46. The van der Waals surface area contributed by atoms with Crippen molar-refractivity contribution in [3.8, 4) is 5.75 Å². The molecule has 0 saturated carbocycles. The van der Waals surface area contributed by atoms with Gasteiger partial charge in [-0.25, -0.2) is 0 Å². The molecule has 0 spiro atoms. The summed E-state index contributed by atoms with van der Waals surface area (Å²) in [4.78, 5) is 2.51. The Morgan fingerprint density at radius 1 is 1.29 bits per heavy atom. The molecule has 3 nitrogen and oxygen atoms in total. The molecule has 1 fully saturated rings. The summed E-state index contributed by atoms with van der Waals surface area (Å²) in [5, 5.41) is 9.24. The summed E-state index contributed by atoms with van der Waals surface area (Å²) in [6.07, 6.45) is 3.26. The Labute approximate surface area is 103 Å². The first-order valence-electron chi connectivity index (χ1n) is 6.42. The average molecular weight is 234 g/mol. The van der Waals surface area contributed by atoms with Crippen molar-refractivity contribution < 1.29 is 5.11 Å². The maximum absolute atomic E-state index is 9.24. The molecule has 1 atom stereocenters. The van der Waals surface area contributed by atoms with Crippen LogP contribution in [0.1, 0.15) is 25.3 Å². The number of hydrogen-bond donors (Lipinski definition) is 2. The molecule has 1 aromatic carbocycles. The molecule has 2 rings (SSSR count). The van der Waals surface area contributed by atoms with Gasteiger partial charge in [0.1, 0.15) is 5.75 Å². The Bertz CT molecular complexity index is 342. The summed E-state index contributed by atoms with van der Waals surface area (Å²) in [5.41, 5.74) is 7.19. The molecule has 1 aliphatic rings. The lowest BCUT2D eigenvalue weighted by molar-refractivity contribution is 0.162. The number of nitrogens with two attached hydrogens (primary N) is 1. The van der Waals surface area contributed by atoms with Crippen molar-refractivity contribution in [1.29, 1.82) is 0 Å². The monoisotopic (exact) mass is 234 g/mol. The van der Waals surface area contributed by atoms with Gasteiger partial charge in [0.05, 0.1) is 0 Å². The standard InChI is InChI=1S/C14H22N2O/c1-11(16-8-6-13(15)7-9-16)10-12-2-4-14(17)5-3-12/h2-5,11,13,17H,6-10,15H2,1H3. The number of hydrogen-bond acceptors (Lipinski definition) is 3. The van der Waals surface area contributed by atoms with Gasteiger partial charge < -0.3 is 15.7 Å². The molecule has 1 unspecified atom stereocenters. The van der Waals surface area contributed by atoms with Crippen molar-refractivity contribution in [2.24, 2.45) is 5.73 Å². The van der Waals surface area contributed by atoms with Gasteiger partial charge in [-0.3, -0.25) is 0 Å². The number of aromatic hydroxyl groups is 1. The van der Waals surface area contributed by atoms with Crippen molar-refractivity contribution in [2.75, 3.05) is 13.1 Å². The molecule has 94 valence electrons. The quantitative estimate of drug-likeness (QED) is 0.837. The van der Waals surface area contributed by atoms with Gasteiger partial charge in [-0.05, 0) is 57.0 Å². The van der Waals surface area contributed by atoms with E-state index in [1.54, 1.807) is 12.1 Å². The highest BCUT2D eigenvalue weighted by Gasteiger charge is 2.20. The zero-order valence-corrected chi connectivity index (χ0v) is 10.5. The third kappa shape index (κ3) is 3.45. The van der Waals surface area contributed by atoms with Crippen LogP contribution < -0.4 is 5.73 Å². The lowest BCUT2D eigenvalue weighted by Gasteiger charge is -2.34. The first-order valence-corrected chi connectivity index (χ1v) is 6.42. The fourth-order valence-corrected chi connectivity index (χ4v) is 2.46.